The van der Waals surface area contributed by atoms with E-state index in [2.05, 4.69) is 90.5 Å². The summed E-state index contributed by atoms with van der Waals surface area (Å²) < 4.78 is 8.42. The van der Waals surface area contributed by atoms with Crippen LogP contribution in [0.15, 0.2) is 95.9 Å². The fourth-order valence-corrected chi connectivity index (χ4v) is 4.21. The van der Waals surface area contributed by atoms with Gasteiger partial charge in [-0.25, -0.2) is 9.97 Å². The minimum Gasteiger partial charge on any atom is -0.497 e. The first-order chi connectivity index (χ1) is 16.2. The summed E-state index contributed by atoms with van der Waals surface area (Å²) in [7, 11) is 1.68. The van der Waals surface area contributed by atoms with Crippen molar-refractivity contribution in [3.63, 3.8) is 0 Å². The average Bonchev–Trinajstić information content (AvgIpc) is 3.26. The summed E-state index contributed by atoms with van der Waals surface area (Å²) in [5, 5.41) is 4.56. The monoisotopic (exact) mass is 498 g/mol. The van der Waals surface area contributed by atoms with Crippen LogP contribution in [-0.4, -0.2) is 28.2 Å². The summed E-state index contributed by atoms with van der Waals surface area (Å²) in [5.74, 6) is 1.70. The number of benzene rings is 3. The third-order valence-electron chi connectivity index (χ3n) is 5.64. The minimum atomic E-state index is 0.760. The number of ether oxygens (including phenoxy) is 1. The van der Waals surface area contributed by atoms with Gasteiger partial charge in [-0.05, 0) is 53.9 Å². The molecule has 5 aromatic rings. The number of hydrogen-bond acceptors (Lipinski definition) is 4. The molecule has 0 radical (unpaired) electrons. The highest BCUT2D eigenvalue weighted by Crippen LogP contribution is 2.35. The number of fused-ring (bicyclic) bond motifs is 1. The van der Waals surface area contributed by atoms with Gasteiger partial charge in [0.05, 0.1) is 12.5 Å². The normalized spacial score (nSPS) is 11.0. The van der Waals surface area contributed by atoms with Crippen LogP contribution < -0.4 is 10.1 Å². The van der Waals surface area contributed by atoms with E-state index in [-0.39, 0.29) is 0 Å². The van der Waals surface area contributed by atoms with E-state index in [0.717, 1.165) is 56.9 Å². The van der Waals surface area contributed by atoms with Crippen LogP contribution in [0.25, 0.3) is 27.8 Å². The highest BCUT2D eigenvalue weighted by atomic mass is 79.9. The number of halogens is 1. The van der Waals surface area contributed by atoms with Crippen LogP contribution in [0.1, 0.15) is 5.56 Å². The van der Waals surface area contributed by atoms with Gasteiger partial charge >= 0.3 is 0 Å². The number of nitrogens with zero attached hydrogens (tertiary/aromatic N) is 3. The van der Waals surface area contributed by atoms with Gasteiger partial charge in [-0.3, -0.25) is 0 Å². The molecule has 0 fully saturated rings. The maximum absolute atomic E-state index is 5.25. The Labute approximate surface area is 201 Å². The lowest BCUT2D eigenvalue weighted by Gasteiger charge is -2.09. The van der Waals surface area contributed by atoms with E-state index in [0.29, 0.717) is 0 Å². The quantitative estimate of drug-likeness (QED) is 0.277. The molecule has 0 atom stereocenters. The van der Waals surface area contributed by atoms with Crippen LogP contribution in [0.5, 0.6) is 5.75 Å². The van der Waals surface area contributed by atoms with Gasteiger partial charge in [0, 0.05) is 28.5 Å². The molecule has 33 heavy (non-hydrogen) atoms. The first kappa shape index (κ1) is 21.2. The number of rotatable bonds is 7. The molecule has 1 N–H and O–H groups in total. The highest BCUT2D eigenvalue weighted by molar-refractivity contribution is 9.10. The van der Waals surface area contributed by atoms with Gasteiger partial charge < -0.3 is 14.6 Å². The number of aromatic nitrogens is 3. The maximum Gasteiger partial charge on any atom is 0.150 e. The summed E-state index contributed by atoms with van der Waals surface area (Å²) in [4.78, 5) is 9.27. The Hall–Kier alpha value is -3.64. The van der Waals surface area contributed by atoms with E-state index in [1.54, 1.807) is 13.4 Å². The van der Waals surface area contributed by atoms with Crippen LogP contribution in [0.3, 0.4) is 0 Å². The van der Waals surface area contributed by atoms with Gasteiger partial charge in [0.2, 0.25) is 0 Å². The highest BCUT2D eigenvalue weighted by Gasteiger charge is 2.17. The predicted octanol–water partition coefficient (Wildman–Crippen LogP) is 6.51. The van der Waals surface area contributed by atoms with E-state index in [1.807, 2.05) is 30.3 Å². The molecule has 3 aromatic carbocycles. The van der Waals surface area contributed by atoms with E-state index in [1.165, 1.54) is 5.56 Å². The van der Waals surface area contributed by atoms with E-state index in [4.69, 9.17) is 4.74 Å². The summed E-state index contributed by atoms with van der Waals surface area (Å²) in [5.41, 5.74) is 5.39. The second kappa shape index (κ2) is 9.46. The van der Waals surface area contributed by atoms with E-state index < -0.39 is 0 Å². The van der Waals surface area contributed by atoms with Crippen LogP contribution in [-0.2, 0) is 6.42 Å². The first-order valence-electron chi connectivity index (χ1n) is 10.8. The molecule has 2 heterocycles. The molecule has 6 heteroatoms. The Morgan fingerprint density at radius 2 is 1.67 bits per heavy atom. The van der Waals surface area contributed by atoms with Crippen LogP contribution in [0, 0.1) is 0 Å². The largest absolute Gasteiger partial charge is 0.497 e. The lowest BCUT2D eigenvalue weighted by atomic mass is 10.1. The second-order valence-corrected chi connectivity index (χ2v) is 8.62. The van der Waals surface area contributed by atoms with Gasteiger partial charge in [-0.2, -0.15) is 0 Å². The summed E-state index contributed by atoms with van der Waals surface area (Å²) in [6, 6.07) is 26.8. The first-order valence-corrected chi connectivity index (χ1v) is 11.6. The Balaban J connectivity index is 1.52. The van der Waals surface area contributed by atoms with Gasteiger partial charge in [-0.15, -0.1) is 0 Å². The Bertz CT molecular complexity index is 1360. The van der Waals surface area contributed by atoms with Crippen molar-refractivity contribution in [1.29, 1.82) is 0 Å². The van der Waals surface area contributed by atoms with Crippen LogP contribution >= 0.6 is 15.9 Å². The lowest BCUT2D eigenvalue weighted by Crippen LogP contribution is -2.07. The molecule has 0 aliphatic carbocycles. The third kappa shape index (κ3) is 4.47. The van der Waals surface area contributed by atoms with Gasteiger partial charge in [0.1, 0.15) is 17.9 Å². The van der Waals surface area contributed by atoms with E-state index in [9.17, 15) is 0 Å². The molecule has 164 valence electrons. The van der Waals surface area contributed by atoms with Crippen molar-refractivity contribution in [2.24, 2.45) is 0 Å². The molecule has 0 saturated heterocycles. The molecular weight excluding hydrogens is 476 g/mol. The van der Waals surface area contributed by atoms with E-state index >= 15 is 0 Å². The number of methoxy groups -OCH3 is 1. The zero-order valence-electron chi connectivity index (χ0n) is 18.2. The van der Waals surface area contributed by atoms with Gasteiger partial charge in [0.25, 0.3) is 0 Å². The number of nitrogens with one attached hydrogen (secondary N) is 1. The Kier molecular flexibility index (Phi) is 6.09. The maximum atomic E-state index is 5.25. The molecule has 0 amide bonds. The minimum absolute atomic E-state index is 0.760. The topological polar surface area (TPSA) is 52.0 Å². The van der Waals surface area contributed by atoms with Crippen molar-refractivity contribution >= 4 is 32.8 Å². The Morgan fingerprint density at radius 3 is 2.39 bits per heavy atom. The zero-order chi connectivity index (χ0) is 22.6. The molecule has 0 saturated carbocycles. The molecule has 0 bridgehead atoms. The molecular formula is C27H23BrN4O. The molecule has 5 nitrogen and oxygen atoms in total. The fraction of sp³-hybridized carbons (Fsp3) is 0.111. The summed E-state index contributed by atoms with van der Waals surface area (Å²) in [6.07, 6.45) is 4.65. The standard InChI is InChI=1S/C27H23BrN4O/c1-33-23-13-7-19(8-14-23)15-16-29-26-25-24(20-5-3-2-4-6-20)17-32(27(25)31-18-30-26)22-11-9-21(28)10-12-22/h2-14,17-18H,15-16H2,1H3,(H,29,30,31). The molecule has 0 unspecified atom stereocenters. The molecule has 2 aromatic heterocycles. The van der Waals surface area contributed by atoms with Gasteiger partial charge in [0.15, 0.2) is 5.65 Å². The molecule has 0 aliphatic rings. The fourth-order valence-electron chi connectivity index (χ4n) is 3.95. The van der Waals surface area contributed by atoms with Crippen molar-refractivity contribution in [2.75, 3.05) is 19.0 Å². The second-order valence-electron chi connectivity index (χ2n) is 7.70. The lowest BCUT2D eigenvalue weighted by molar-refractivity contribution is 0.414. The van der Waals surface area contributed by atoms with Crippen LogP contribution in [0.2, 0.25) is 0 Å². The van der Waals surface area contributed by atoms with Crippen molar-refractivity contribution in [2.45, 2.75) is 6.42 Å². The van der Waals surface area contributed by atoms with Crippen molar-refractivity contribution in [1.82, 2.24) is 14.5 Å². The smallest absolute Gasteiger partial charge is 0.150 e. The summed E-state index contributed by atoms with van der Waals surface area (Å²) in [6.45, 7) is 0.760. The number of hydrogen-bond donors (Lipinski definition) is 1. The molecule has 0 aliphatic heterocycles. The molecule has 5 rings (SSSR count). The molecule has 0 spiro atoms. The van der Waals surface area contributed by atoms with Crippen LogP contribution in [0.4, 0.5) is 5.82 Å². The summed E-state index contributed by atoms with van der Waals surface area (Å²) >= 11 is 3.53. The SMILES string of the molecule is COc1ccc(CCNc2ncnc3c2c(-c2ccccc2)cn3-c2ccc(Br)cc2)cc1. The average molecular weight is 499 g/mol. The third-order valence-corrected chi connectivity index (χ3v) is 6.17. The predicted molar refractivity (Wildman–Crippen MR) is 137 cm³/mol. The Morgan fingerprint density at radius 1 is 0.909 bits per heavy atom. The number of anilines is 1. The van der Waals surface area contributed by atoms with Crippen molar-refractivity contribution in [3.8, 4) is 22.6 Å². The van der Waals surface area contributed by atoms with Gasteiger partial charge in [-0.1, -0.05) is 58.4 Å². The van der Waals surface area contributed by atoms with Crippen molar-refractivity contribution in [3.05, 3.63) is 101 Å². The zero-order valence-corrected chi connectivity index (χ0v) is 19.8. The van der Waals surface area contributed by atoms with Crippen molar-refractivity contribution < 1.29 is 4.74 Å².